The van der Waals surface area contributed by atoms with E-state index >= 15 is 0 Å². The Morgan fingerprint density at radius 2 is 1.28 bits per heavy atom. The van der Waals surface area contributed by atoms with E-state index in [0.717, 1.165) is 12.2 Å². The van der Waals surface area contributed by atoms with Crippen LogP contribution >= 0.6 is 0 Å². The standard InChI is InChI=1S/C31H26O/c1-19(2)14-20-15-25-7-4-21-9-12-28(29-13-10-26(16-20)30(25)31(21)29)24-6-5-23-18-27(32-3)11-8-22(23)17-24/h4-13,15-19H,14H2,1-3H3. The maximum absolute atomic E-state index is 5.39. The Morgan fingerprint density at radius 3 is 2.06 bits per heavy atom. The fraction of sp³-hybridized carbons (Fsp3) is 0.161. The van der Waals surface area contributed by atoms with Crippen LogP contribution in [0.3, 0.4) is 0 Å². The average molecular weight is 415 g/mol. The molecule has 0 bridgehead atoms. The summed E-state index contributed by atoms with van der Waals surface area (Å²) in [6.45, 7) is 4.58. The molecule has 0 radical (unpaired) electrons. The third-order valence-corrected chi connectivity index (χ3v) is 6.66. The topological polar surface area (TPSA) is 9.23 Å². The summed E-state index contributed by atoms with van der Waals surface area (Å²) in [5.41, 5.74) is 3.97. The Labute approximate surface area is 188 Å². The molecule has 1 heteroatoms. The van der Waals surface area contributed by atoms with Crippen molar-refractivity contribution in [1.29, 1.82) is 0 Å². The molecule has 0 aromatic heterocycles. The van der Waals surface area contributed by atoms with E-state index in [9.17, 15) is 0 Å². The fourth-order valence-corrected chi connectivity index (χ4v) is 5.24. The summed E-state index contributed by atoms with van der Waals surface area (Å²) in [7, 11) is 1.71. The van der Waals surface area contributed by atoms with Gasteiger partial charge in [-0.25, -0.2) is 0 Å². The van der Waals surface area contributed by atoms with Crippen molar-refractivity contribution >= 4 is 43.1 Å². The Bertz CT molecular complexity index is 1590. The number of ether oxygens (including phenoxy) is 1. The molecule has 6 aromatic rings. The van der Waals surface area contributed by atoms with E-state index in [1.54, 1.807) is 7.11 Å². The summed E-state index contributed by atoms with van der Waals surface area (Å²) in [6, 6.07) is 31.5. The molecule has 0 spiro atoms. The maximum Gasteiger partial charge on any atom is 0.119 e. The quantitative estimate of drug-likeness (QED) is 0.262. The van der Waals surface area contributed by atoms with Crippen LogP contribution < -0.4 is 4.74 Å². The van der Waals surface area contributed by atoms with Gasteiger partial charge < -0.3 is 4.74 Å². The van der Waals surface area contributed by atoms with Crippen LogP contribution in [0.5, 0.6) is 5.75 Å². The second-order valence-corrected chi connectivity index (χ2v) is 9.33. The molecule has 0 unspecified atom stereocenters. The monoisotopic (exact) mass is 414 g/mol. The molecule has 0 saturated carbocycles. The molecule has 32 heavy (non-hydrogen) atoms. The minimum Gasteiger partial charge on any atom is -0.497 e. The lowest BCUT2D eigenvalue weighted by atomic mass is 9.88. The van der Waals surface area contributed by atoms with E-state index in [2.05, 4.69) is 92.7 Å². The van der Waals surface area contributed by atoms with E-state index in [1.807, 2.05) is 6.07 Å². The van der Waals surface area contributed by atoms with Gasteiger partial charge in [0.1, 0.15) is 5.75 Å². The van der Waals surface area contributed by atoms with Crippen LogP contribution in [0.2, 0.25) is 0 Å². The molecule has 1 nitrogen and oxygen atoms in total. The fourth-order valence-electron chi connectivity index (χ4n) is 5.24. The number of methoxy groups -OCH3 is 1. The van der Waals surface area contributed by atoms with E-state index in [-0.39, 0.29) is 0 Å². The van der Waals surface area contributed by atoms with Crippen molar-refractivity contribution in [3.05, 3.63) is 90.5 Å². The van der Waals surface area contributed by atoms with Crippen molar-refractivity contribution < 1.29 is 4.74 Å². The summed E-state index contributed by atoms with van der Waals surface area (Å²) in [5, 5.41) is 10.5. The highest BCUT2D eigenvalue weighted by Gasteiger charge is 2.13. The Kier molecular flexibility index (Phi) is 4.33. The average Bonchev–Trinajstić information content (AvgIpc) is 2.81. The first-order valence-electron chi connectivity index (χ1n) is 11.4. The summed E-state index contributed by atoms with van der Waals surface area (Å²) in [4.78, 5) is 0. The first kappa shape index (κ1) is 19.1. The predicted molar refractivity (Wildman–Crippen MR) is 138 cm³/mol. The third kappa shape index (κ3) is 3.00. The number of rotatable bonds is 4. The highest BCUT2D eigenvalue weighted by molar-refractivity contribution is 6.25. The Morgan fingerprint density at radius 1 is 0.625 bits per heavy atom. The van der Waals surface area contributed by atoms with Gasteiger partial charge in [0.15, 0.2) is 0 Å². The van der Waals surface area contributed by atoms with Crippen molar-refractivity contribution in [2.24, 2.45) is 5.92 Å². The maximum atomic E-state index is 5.39. The number of hydrogen-bond donors (Lipinski definition) is 0. The number of hydrogen-bond acceptors (Lipinski definition) is 1. The van der Waals surface area contributed by atoms with Crippen molar-refractivity contribution in [2.45, 2.75) is 20.3 Å². The normalized spacial score (nSPS) is 12.0. The largest absolute Gasteiger partial charge is 0.497 e. The molecule has 0 fully saturated rings. The molecule has 0 saturated heterocycles. The first-order chi connectivity index (χ1) is 15.6. The zero-order chi connectivity index (χ0) is 21.8. The van der Waals surface area contributed by atoms with E-state index in [0.29, 0.717) is 5.92 Å². The second-order valence-electron chi connectivity index (χ2n) is 9.33. The van der Waals surface area contributed by atoms with Crippen LogP contribution in [0, 0.1) is 5.92 Å². The van der Waals surface area contributed by atoms with Gasteiger partial charge in [-0.05, 0) is 90.3 Å². The molecule has 156 valence electrons. The molecule has 0 aliphatic heterocycles. The zero-order valence-electron chi connectivity index (χ0n) is 18.8. The molecule has 0 aliphatic carbocycles. The molecule has 0 aliphatic rings. The van der Waals surface area contributed by atoms with Crippen molar-refractivity contribution in [1.82, 2.24) is 0 Å². The van der Waals surface area contributed by atoms with Gasteiger partial charge in [-0.3, -0.25) is 0 Å². The van der Waals surface area contributed by atoms with Crippen LogP contribution in [-0.4, -0.2) is 7.11 Å². The molecule has 6 aromatic carbocycles. The van der Waals surface area contributed by atoms with Crippen molar-refractivity contribution in [2.75, 3.05) is 7.11 Å². The van der Waals surface area contributed by atoms with E-state index < -0.39 is 0 Å². The summed E-state index contributed by atoms with van der Waals surface area (Å²) in [5.74, 6) is 1.55. The van der Waals surface area contributed by atoms with Gasteiger partial charge in [0.2, 0.25) is 0 Å². The van der Waals surface area contributed by atoms with E-state index in [4.69, 9.17) is 4.74 Å². The van der Waals surface area contributed by atoms with Crippen LogP contribution in [0.4, 0.5) is 0 Å². The first-order valence-corrected chi connectivity index (χ1v) is 11.4. The molecule has 0 heterocycles. The van der Waals surface area contributed by atoms with E-state index in [1.165, 1.54) is 59.8 Å². The van der Waals surface area contributed by atoms with Gasteiger partial charge in [0, 0.05) is 0 Å². The lowest BCUT2D eigenvalue weighted by Gasteiger charge is -2.16. The highest BCUT2D eigenvalue weighted by atomic mass is 16.5. The summed E-state index contributed by atoms with van der Waals surface area (Å²) in [6.07, 6.45) is 1.11. The Balaban J connectivity index is 1.59. The third-order valence-electron chi connectivity index (χ3n) is 6.66. The second kappa shape index (κ2) is 7.24. The summed E-state index contributed by atoms with van der Waals surface area (Å²) < 4.78 is 5.39. The zero-order valence-corrected chi connectivity index (χ0v) is 18.8. The van der Waals surface area contributed by atoms with Gasteiger partial charge in [-0.1, -0.05) is 80.6 Å². The summed E-state index contributed by atoms with van der Waals surface area (Å²) >= 11 is 0. The van der Waals surface area contributed by atoms with Crippen LogP contribution in [0.1, 0.15) is 19.4 Å². The van der Waals surface area contributed by atoms with Crippen LogP contribution in [-0.2, 0) is 6.42 Å². The number of fused-ring (bicyclic) bond motifs is 1. The minimum absolute atomic E-state index is 0.655. The highest BCUT2D eigenvalue weighted by Crippen LogP contribution is 2.40. The lowest BCUT2D eigenvalue weighted by molar-refractivity contribution is 0.415. The van der Waals surface area contributed by atoms with Gasteiger partial charge >= 0.3 is 0 Å². The lowest BCUT2D eigenvalue weighted by Crippen LogP contribution is -1.95. The number of benzene rings is 6. The smallest absolute Gasteiger partial charge is 0.119 e. The van der Waals surface area contributed by atoms with Gasteiger partial charge in [-0.15, -0.1) is 0 Å². The Hall–Kier alpha value is -3.58. The molecule has 0 N–H and O–H groups in total. The molecule has 0 amide bonds. The molecular weight excluding hydrogens is 388 g/mol. The molecule has 6 rings (SSSR count). The van der Waals surface area contributed by atoms with Crippen molar-refractivity contribution in [3.8, 4) is 16.9 Å². The van der Waals surface area contributed by atoms with Gasteiger partial charge in [0.25, 0.3) is 0 Å². The minimum atomic E-state index is 0.655. The SMILES string of the molecule is COc1ccc2cc(-c3ccc4ccc5cc(CC(C)C)cc6ccc3c4c56)ccc2c1. The van der Waals surface area contributed by atoms with Crippen molar-refractivity contribution in [3.63, 3.8) is 0 Å². The molecular formula is C31H26O. The van der Waals surface area contributed by atoms with Gasteiger partial charge in [-0.2, -0.15) is 0 Å². The van der Waals surface area contributed by atoms with Gasteiger partial charge in [0.05, 0.1) is 7.11 Å². The van der Waals surface area contributed by atoms with Crippen LogP contribution in [0.25, 0.3) is 54.2 Å². The molecule has 0 atom stereocenters. The van der Waals surface area contributed by atoms with Crippen LogP contribution in [0.15, 0.2) is 84.9 Å². The predicted octanol–water partition coefficient (Wildman–Crippen LogP) is 8.61.